The number of carbonyl (C=O) groups excluding carboxylic acids is 1. The van der Waals surface area contributed by atoms with Crippen LogP contribution in [0.4, 0.5) is 0 Å². The zero-order valence-electron chi connectivity index (χ0n) is 10.8. The Labute approximate surface area is 122 Å². The first-order valence-electron chi connectivity index (χ1n) is 6.64. The van der Waals surface area contributed by atoms with E-state index >= 15 is 0 Å². The van der Waals surface area contributed by atoms with Crippen LogP contribution in [0.5, 0.6) is 0 Å². The summed E-state index contributed by atoms with van der Waals surface area (Å²) < 4.78 is 1.16. The minimum Gasteiger partial charge on any atom is -0.351 e. The number of carbonyl (C=O) groups is 1. The smallest absolute Gasteiger partial charge is 0.261 e. The van der Waals surface area contributed by atoms with E-state index in [1.54, 1.807) is 11.3 Å². The maximum atomic E-state index is 12.0. The topological polar surface area (TPSA) is 29.1 Å². The van der Waals surface area contributed by atoms with Gasteiger partial charge < -0.3 is 5.32 Å². The molecule has 2 nitrogen and oxygen atoms in total. The van der Waals surface area contributed by atoms with Gasteiger partial charge in [0.2, 0.25) is 0 Å². The average molecular weight is 296 g/mol. The molecule has 1 aromatic carbocycles. The van der Waals surface area contributed by atoms with Crippen molar-refractivity contribution in [3.63, 3.8) is 0 Å². The van der Waals surface area contributed by atoms with E-state index in [1.807, 2.05) is 30.3 Å². The Morgan fingerprint density at radius 2 is 1.95 bits per heavy atom. The molecule has 0 saturated heterocycles. The molecule has 0 atom stereocenters. The summed E-state index contributed by atoms with van der Waals surface area (Å²) >= 11 is 7.16. The van der Waals surface area contributed by atoms with Crippen molar-refractivity contribution in [2.45, 2.75) is 25.7 Å². The summed E-state index contributed by atoms with van der Waals surface area (Å²) in [4.78, 5) is 12.8. The van der Waals surface area contributed by atoms with Crippen molar-refractivity contribution in [3.05, 3.63) is 35.2 Å². The van der Waals surface area contributed by atoms with Crippen LogP contribution in [0.1, 0.15) is 35.4 Å². The molecule has 0 fully saturated rings. The molecule has 2 rings (SSSR count). The zero-order valence-corrected chi connectivity index (χ0v) is 12.4. The minimum absolute atomic E-state index is 0.0403. The number of thiophene rings is 1. The number of alkyl halides is 1. The Bertz CT molecular complexity index is 505. The molecule has 1 amide bonds. The maximum absolute atomic E-state index is 12.0. The third-order valence-corrected chi connectivity index (χ3v) is 4.38. The molecule has 0 aliphatic heterocycles. The number of amides is 1. The summed E-state index contributed by atoms with van der Waals surface area (Å²) in [5, 5.41) is 4.11. The van der Waals surface area contributed by atoms with Gasteiger partial charge >= 0.3 is 0 Å². The van der Waals surface area contributed by atoms with Gasteiger partial charge in [-0.05, 0) is 30.4 Å². The highest BCUT2D eigenvalue weighted by atomic mass is 35.5. The van der Waals surface area contributed by atoms with Crippen LogP contribution in [0.3, 0.4) is 0 Å². The van der Waals surface area contributed by atoms with Gasteiger partial charge in [0.25, 0.3) is 5.91 Å². The first kappa shape index (κ1) is 14.4. The number of hydrogen-bond donors (Lipinski definition) is 1. The fourth-order valence-electron chi connectivity index (χ4n) is 1.96. The predicted octanol–water partition coefficient (Wildman–Crippen LogP) is 4.43. The normalized spacial score (nSPS) is 10.8. The van der Waals surface area contributed by atoms with Crippen molar-refractivity contribution in [1.82, 2.24) is 5.32 Å². The number of halogens is 1. The van der Waals surface area contributed by atoms with Gasteiger partial charge in [-0.1, -0.05) is 31.0 Å². The van der Waals surface area contributed by atoms with Crippen molar-refractivity contribution in [2.24, 2.45) is 0 Å². The van der Waals surface area contributed by atoms with Gasteiger partial charge in [-0.2, -0.15) is 0 Å². The third-order valence-electron chi connectivity index (χ3n) is 3.00. The lowest BCUT2D eigenvalue weighted by molar-refractivity contribution is 0.0957. The number of fused-ring (bicyclic) bond motifs is 1. The second-order valence-electron chi connectivity index (χ2n) is 4.51. The molecule has 0 bridgehead atoms. The number of rotatable bonds is 7. The summed E-state index contributed by atoms with van der Waals surface area (Å²) in [6, 6.07) is 10.0. The van der Waals surface area contributed by atoms with E-state index in [0.717, 1.165) is 53.1 Å². The summed E-state index contributed by atoms with van der Waals surface area (Å²) in [6.07, 6.45) is 4.35. The summed E-state index contributed by atoms with van der Waals surface area (Å²) in [6.45, 7) is 0.745. The number of nitrogens with one attached hydrogen (secondary N) is 1. The van der Waals surface area contributed by atoms with Gasteiger partial charge in [-0.3, -0.25) is 4.79 Å². The molecular formula is C15H18ClNOS. The van der Waals surface area contributed by atoms with Crippen molar-refractivity contribution >= 4 is 38.9 Å². The van der Waals surface area contributed by atoms with Crippen LogP contribution in [0.15, 0.2) is 30.3 Å². The van der Waals surface area contributed by atoms with E-state index < -0.39 is 0 Å². The molecule has 4 heteroatoms. The number of benzene rings is 1. The minimum atomic E-state index is 0.0403. The van der Waals surface area contributed by atoms with E-state index in [2.05, 4.69) is 5.32 Å². The molecule has 1 aromatic heterocycles. The van der Waals surface area contributed by atoms with Crippen molar-refractivity contribution in [3.8, 4) is 0 Å². The molecule has 1 N–H and O–H groups in total. The molecule has 0 aliphatic carbocycles. The molecule has 0 radical (unpaired) electrons. The van der Waals surface area contributed by atoms with Gasteiger partial charge in [0.15, 0.2) is 0 Å². The van der Waals surface area contributed by atoms with Crippen LogP contribution in [0.25, 0.3) is 10.1 Å². The van der Waals surface area contributed by atoms with Gasteiger partial charge in [0.1, 0.15) is 0 Å². The summed E-state index contributed by atoms with van der Waals surface area (Å²) in [5.74, 6) is 0.771. The Morgan fingerprint density at radius 3 is 2.74 bits per heavy atom. The fraction of sp³-hybridized carbons (Fsp3) is 0.400. The van der Waals surface area contributed by atoms with Crippen molar-refractivity contribution in [1.29, 1.82) is 0 Å². The lowest BCUT2D eigenvalue weighted by atomic mass is 10.2. The zero-order chi connectivity index (χ0) is 13.5. The highest BCUT2D eigenvalue weighted by molar-refractivity contribution is 7.20. The van der Waals surface area contributed by atoms with E-state index in [9.17, 15) is 4.79 Å². The third kappa shape index (κ3) is 4.22. The summed E-state index contributed by atoms with van der Waals surface area (Å²) in [5.41, 5.74) is 0. The largest absolute Gasteiger partial charge is 0.351 e. The summed E-state index contributed by atoms with van der Waals surface area (Å²) in [7, 11) is 0. The van der Waals surface area contributed by atoms with Crippen LogP contribution in [0, 0.1) is 0 Å². The molecule has 2 aromatic rings. The molecule has 1 heterocycles. The Hall–Kier alpha value is -1.06. The highest BCUT2D eigenvalue weighted by Crippen LogP contribution is 2.24. The van der Waals surface area contributed by atoms with E-state index in [1.165, 1.54) is 0 Å². The fourth-order valence-corrected chi connectivity index (χ4v) is 3.12. The van der Waals surface area contributed by atoms with Crippen LogP contribution in [-0.4, -0.2) is 18.3 Å². The predicted molar refractivity (Wildman–Crippen MR) is 83.3 cm³/mol. The highest BCUT2D eigenvalue weighted by Gasteiger charge is 2.08. The Morgan fingerprint density at radius 1 is 1.16 bits per heavy atom. The lowest BCUT2D eigenvalue weighted by Gasteiger charge is -2.02. The molecule has 0 aliphatic rings. The first-order chi connectivity index (χ1) is 9.31. The van der Waals surface area contributed by atoms with Crippen molar-refractivity contribution in [2.75, 3.05) is 12.4 Å². The molecule has 19 heavy (non-hydrogen) atoms. The molecule has 0 unspecified atom stereocenters. The monoisotopic (exact) mass is 295 g/mol. The van der Waals surface area contributed by atoms with Crippen LogP contribution < -0.4 is 5.32 Å². The Balaban J connectivity index is 1.79. The number of unbranched alkanes of at least 4 members (excludes halogenated alkanes) is 3. The van der Waals surface area contributed by atoms with E-state index in [-0.39, 0.29) is 5.91 Å². The van der Waals surface area contributed by atoms with E-state index in [4.69, 9.17) is 11.6 Å². The standard InChI is InChI=1S/C15H18ClNOS/c16-9-5-1-2-6-10-17-15(18)14-11-12-7-3-4-8-13(12)19-14/h3-4,7-8,11H,1-2,5-6,9-10H2,(H,17,18). The quantitative estimate of drug-likeness (QED) is 0.594. The average Bonchev–Trinajstić information content (AvgIpc) is 2.86. The van der Waals surface area contributed by atoms with Crippen LogP contribution in [0.2, 0.25) is 0 Å². The number of hydrogen-bond acceptors (Lipinski definition) is 2. The first-order valence-corrected chi connectivity index (χ1v) is 7.99. The second-order valence-corrected chi connectivity index (χ2v) is 5.97. The molecule has 102 valence electrons. The maximum Gasteiger partial charge on any atom is 0.261 e. The lowest BCUT2D eigenvalue weighted by Crippen LogP contribution is -2.23. The second kappa shape index (κ2) is 7.51. The van der Waals surface area contributed by atoms with Gasteiger partial charge in [0.05, 0.1) is 4.88 Å². The van der Waals surface area contributed by atoms with Crippen molar-refractivity contribution < 1.29 is 4.79 Å². The Kier molecular flexibility index (Phi) is 5.67. The molecule has 0 saturated carbocycles. The van der Waals surface area contributed by atoms with Crippen LogP contribution in [-0.2, 0) is 0 Å². The van der Waals surface area contributed by atoms with Crippen LogP contribution >= 0.6 is 22.9 Å². The molecular weight excluding hydrogens is 278 g/mol. The van der Waals surface area contributed by atoms with Gasteiger partial charge in [0, 0.05) is 17.1 Å². The van der Waals surface area contributed by atoms with E-state index in [0.29, 0.717) is 0 Å². The molecule has 0 spiro atoms. The van der Waals surface area contributed by atoms with Gasteiger partial charge in [-0.15, -0.1) is 22.9 Å². The van der Waals surface area contributed by atoms with Gasteiger partial charge in [-0.25, -0.2) is 0 Å². The SMILES string of the molecule is O=C(NCCCCCCCl)c1cc2ccccc2s1.